The van der Waals surface area contributed by atoms with Crippen molar-refractivity contribution in [1.29, 1.82) is 0 Å². The number of carbonyl (C=O) groups is 2. The van der Waals surface area contributed by atoms with Gasteiger partial charge in [-0.1, -0.05) is 48.5 Å². The summed E-state index contributed by atoms with van der Waals surface area (Å²) in [5, 5.41) is -0.132. The van der Waals surface area contributed by atoms with E-state index in [9.17, 15) is 18.0 Å². The fourth-order valence-electron chi connectivity index (χ4n) is 5.04. The molecule has 158 valence electrons. The third-order valence-electron chi connectivity index (χ3n) is 7.17. The van der Waals surface area contributed by atoms with Crippen molar-refractivity contribution >= 4 is 32.0 Å². The van der Waals surface area contributed by atoms with E-state index in [1.165, 1.54) is 0 Å². The number of carbonyl (C=O) groups excluding carboxylic acids is 2. The normalized spacial score (nSPS) is 28.3. The van der Waals surface area contributed by atoms with Crippen molar-refractivity contribution in [2.24, 2.45) is 16.7 Å². The quantitative estimate of drug-likeness (QED) is 0.557. The molecule has 2 rings (SSSR count). The van der Waals surface area contributed by atoms with Crippen LogP contribution in [0.15, 0.2) is 0 Å². The Morgan fingerprint density at radius 1 is 1.19 bits per heavy atom. The molecule has 27 heavy (non-hydrogen) atoms. The Morgan fingerprint density at radius 3 is 2.11 bits per heavy atom. The fraction of sp³-hybridized carbons (Fsp3) is 0.900. The summed E-state index contributed by atoms with van der Waals surface area (Å²) >= 11 is 0. The SMILES string of the molecule is CCC(=O)CS(OS(=O)(=O)CC12CCC(CC1=O)C2(C)C)(C(C)C)C(C)C. The lowest BCUT2D eigenvalue weighted by molar-refractivity contribution is -0.128. The van der Waals surface area contributed by atoms with Crippen LogP contribution < -0.4 is 0 Å². The van der Waals surface area contributed by atoms with Crippen molar-refractivity contribution < 1.29 is 21.6 Å². The zero-order valence-corrected chi connectivity index (χ0v) is 19.5. The monoisotopic (exact) mass is 420 g/mol. The minimum absolute atomic E-state index is 0.0268. The van der Waals surface area contributed by atoms with Crippen LogP contribution >= 0.6 is 10.3 Å². The Hall–Kier alpha value is -0.400. The molecular weight excluding hydrogens is 384 g/mol. The predicted molar refractivity (Wildman–Crippen MR) is 111 cm³/mol. The first-order valence-electron chi connectivity index (χ1n) is 10.0. The third kappa shape index (κ3) is 3.76. The van der Waals surface area contributed by atoms with Crippen LogP contribution in [0.25, 0.3) is 0 Å². The lowest BCUT2D eigenvalue weighted by Crippen LogP contribution is -2.43. The van der Waals surface area contributed by atoms with Gasteiger partial charge in [-0.2, -0.15) is 8.42 Å². The predicted octanol–water partition coefficient (Wildman–Crippen LogP) is 4.24. The highest BCUT2D eigenvalue weighted by molar-refractivity contribution is 8.34. The maximum Gasteiger partial charge on any atom is 0.277 e. The Labute approximate surface area is 166 Å². The Morgan fingerprint density at radius 2 is 1.74 bits per heavy atom. The molecule has 2 aliphatic rings. The van der Waals surface area contributed by atoms with Crippen LogP contribution in [0, 0.1) is 16.7 Å². The van der Waals surface area contributed by atoms with Crippen molar-refractivity contribution in [3.8, 4) is 0 Å². The molecule has 0 aromatic heterocycles. The van der Waals surface area contributed by atoms with Crippen LogP contribution in [0.5, 0.6) is 0 Å². The molecule has 0 spiro atoms. The number of hydrogen-bond acceptors (Lipinski definition) is 5. The van der Waals surface area contributed by atoms with Crippen molar-refractivity contribution in [2.45, 2.75) is 84.6 Å². The van der Waals surface area contributed by atoms with E-state index < -0.39 is 25.8 Å². The van der Waals surface area contributed by atoms with E-state index >= 15 is 0 Å². The van der Waals surface area contributed by atoms with Gasteiger partial charge in [-0.25, -0.2) is 3.63 Å². The van der Waals surface area contributed by atoms with Crippen molar-refractivity contribution in [3.63, 3.8) is 0 Å². The second kappa shape index (κ2) is 7.45. The number of Topliss-reactive ketones (excluding diaryl/α,β-unsaturated/α-hetero) is 2. The van der Waals surface area contributed by atoms with Gasteiger partial charge in [-0.3, -0.25) is 9.59 Å². The summed E-state index contributed by atoms with van der Waals surface area (Å²) in [5.41, 5.74) is -1.17. The zero-order valence-electron chi connectivity index (χ0n) is 17.8. The average Bonchev–Trinajstić information content (AvgIpc) is 2.86. The summed E-state index contributed by atoms with van der Waals surface area (Å²) in [6, 6.07) is 0. The molecule has 2 fully saturated rings. The summed E-state index contributed by atoms with van der Waals surface area (Å²) in [6.07, 6.45) is 2.36. The number of ketones is 2. The molecule has 5 nitrogen and oxygen atoms in total. The smallest absolute Gasteiger partial charge is 0.277 e. The second-order valence-electron chi connectivity index (χ2n) is 9.35. The standard InChI is InChI=1S/C20H36O5S2/c1-8-17(21)12-26(14(2)3,15(4)5)25-27(23,24)13-20-10-9-16(11-18(20)22)19(20,6)7/h14-16H,8-13H2,1-7H3. The first kappa shape index (κ1) is 22.9. The van der Waals surface area contributed by atoms with Gasteiger partial charge < -0.3 is 0 Å². The van der Waals surface area contributed by atoms with Crippen molar-refractivity contribution in [3.05, 3.63) is 0 Å². The summed E-state index contributed by atoms with van der Waals surface area (Å²) in [4.78, 5) is 25.0. The van der Waals surface area contributed by atoms with Crippen LogP contribution in [-0.2, 0) is 23.3 Å². The number of fused-ring (bicyclic) bond motifs is 2. The van der Waals surface area contributed by atoms with Gasteiger partial charge in [0, 0.05) is 23.3 Å². The minimum atomic E-state index is -3.95. The third-order valence-corrected chi connectivity index (χ3v) is 13.8. The Balaban J connectivity index is 2.37. The van der Waals surface area contributed by atoms with Crippen LogP contribution in [0.3, 0.4) is 0 Å². The molecular formula is C20H36O5S2. The van der Waals surface area contributed by atoms with E-state index in [2.05, 4.69) is 0 Å². The van der Waals surface area contributed by atoms with E-state index in [0.29, 0.717) is 19.3 Å². The topological polar surface area (TPSA) is 77.5 Å². The summed E-state index contributed by atoms with van der Waals surface area (Å²) < 4.78 is 32.4. The highest BCUT2D eigenvalue weighted by Crippen LogP contribution is 2.65. The molecule has 0 heterocycles. The molecule has 0 aromatic carbocycles. The Kier molecular flexibility index (Phi) is 6.31. The molecule has 0 amide bonds. The highest BCUT2D eigenvalue weighted by atomic mass is 32.3. The first-order chi connectivity index (χ1) is 12.2. The molecule has 0 saturated heterocycles. The molecule has 7 heteroatoms. The molecule has 2 unspecified atom stereocenters. The van der Waals surface area contributed by atoms with Gasteiger partial charge in [0.05, 0.1) is 16.9 Å². The molecule has 2 aliphatic carbocycles. The number of hydrogen-bond donors (Lipinski definition) is 0. The van der Waals surface area contributed by atoms with Gasteiger partial charge in [0.15, 0.2) is 0 Å². The lowest BCUT2D eigenvalue weighted by Gasteiger charge is -2.46. The van der Waals surface area contributed by atoms with Gasteiger partial charge in [0.1, 0.15) is 11.6 Å². The van der Waals surface area contributed by atoms with Gasteiger partial charge >= 0.3 is 0 Å². The van der Waals surface area contributed by atoms with Crippen LogP contribution in [0.1, 0.15) is 74.1 Å². The minimum Gasteiger partial charge on any atom is -0.299 e. The van der Waals surface area contributed by atoms with E-state index in [0.717, 1.165) is 6.42 Å². The second-order valence-corrected chi connectivity index (χ2v) is 15.0. The Bertz CT molecular complexity index is 700. The van der Waals surface area contributed by atoms with E-state index in [4.69, 9.17) is 3.63 Å². The van der Waals surface area contributed by atoms with Crippen LogP contribution in [0.4, 0.5) is 0 Å². The molecule has 0 aliphatic heterocycles. The fourth-order valence-corrected chi connectivity index (χ4v) is 12.0. The average molecular weight is 421 g/mol. The van der Waals surface area contributed by atoms with Crippen LogP contribution in [-0.4, -0.2) is 42.0 Å². The van der Waals surface area contributed by atoms with E-state index in [1.54, 1.807) is 6.92 Å². The maximum absolute atomic E-state index is 13.2. The van der Waals surface area contributed by atoms with Crippen molar-refractivity contribution in [2.75, 3.05) is 11.5 Å². The summed E-state index contributed by atoms with van der Waals surface area (Å²) in [5.74, 6) is 0.255. The molecule has 2 saturated carbocycles. The van der Waals surface area contributed by atoms with Gasteiger partial charge in [0.2, 0.25) is 0 Å². The molecule has 0 aromatic rings. The van der Waals surface area contributed by atoms with Gasteiger partial charge in [-0.05, 0) is 24.2 Å². The van der Waals surface area contributed by atoms with Crippen LogP contribution in [0.2, 0.25) is 0 Å². The molecule has 0 radical (unpaired) electrons. The molecule has 2 bridgehead atoms. The van der Waals surface area contributed by atoms with Gasteiger partial charge in [-0.15, -0.1) is 10.3 Å². The highest BCUT2D eigenvalue weighted by Gasteiger charge is 2.65. The summed E-state index contributed by atoms with van der Waals surface area (Å²) in [6.45, 7) is 13.6. The number of rotatable bonds is 9. The van der Waals surface area contributed by atoms with Gasteiger partial charge in [0.25, 0.3) is 10.1 Å². The molecule has 2 atom stereocenters. The first-order valence-corrected chi connectivity index (χ1v) is 13.4. The lowest BCUT2D eigenvalue weighted by atomic mass is 9.70. The maximum atomic E-state index is 13.2. The van der Waals surface area contributed by atoms with E-state index in [-0.39, 0.29) is 44.9 Å². The van der Waals surface area contributed by atoms with E-state index in [1.807, 2.05) is 41.5 Å². The molecule has 0 N–H and O–H groups in total. The summed E-state index contributed by atoms with van der Waals surface area (Å²) in [7, 11) is -6.12. The largest absolute Gasteiger partial charge is 0.299 e. The zero-order chi connectivity index (χ0) is 20.8. The van der Waals surface area contributed by atoms with Crippen molar-refractivity contribution in [1.82, 2.24) is 0 Å².